The second-order valence-electron chi connectivity index (χ2n) is 4.83. The number of carbonyl (C=O) groups excluding carboxylic acids is 1. The maximum absolute atomic E-state index is 11.9. The Bertz CT molecular complexity index is 478. The first-order valence-electron chi connectivity index (χ1n) is 6.44. The Hall–Kier alpha value is -0.970. The van der Waals surface area contributed by atoms with E-state index in [0.717, 1.165) is 5.56 Å². The van der Waals surface area contributed by atoms with Gasteiger partial charge in [-0.05, 0) is 40.0 Å². The highest BCUT2D eigenvalue weighted by Crippen LogP contribution is 2.33. The van der Waals surface area contributed by atoms with Crippen molar-refractivity contribution in [2.24, 2.45) is 0 Å². The van der Waals surface area contributed by atoms with E-state index in [0.29, 0.717) is 22.3 Å². The van der Waals surface area contributed by atoms with Gasteiger partial charge in [0.25, 0.3) is 5.91 Å². The summed E-state index contributed by atoms with van der Waals surface area (Å²) in [6.45, 7) is 6.03. The van der Waals surface area contributed by atoms with Crippen LogP contribution in [-0.4, -0.2) is 25.1 Å². The molecule has 112 valence electrons. The van der Waals surface area contributed by atoms with Crippen LogP contribution in [0.4, 0.5) is 0 Å². The number of amides is 1. The lowest BCUT2D eigenvalue weighted by Gasteiger charge is -2.19. The van der Waals surface area contributed by atoms with Gasteiger partial charge in [0.15, 0.2) is 6.10 Å². The Kier molecular flexibility index (Phi) is 6.59. The molecule has 6 heteroatoms. The number of hydrogen-bond donors (Lipinski definition) is 2. The van der Waals surface area contributed by atoms with Crippen LogP contribution in [-0.2, 0) is 11.3 Å². The second kappa shape index (κ2) is 7.72. The Morgan fingerprint density at radius 1 is 1.30 bits per heavy atom. The lowest BCUT2D eigenvalue weighted by molar-refractivity contribution is -0.127. The molecule has 0 fully saturated rings. The van der Waals surface area contributed by atoms with E-state index < -0.39 is 6.10 Å². The van der Waals surface area contributed by atoms with Crippen molar-refractivity contribution in [2.75, 3.05) is 7.05 Å². The zero-order valence-electron chi connectivity index (χ0n) is 12.1. The van der Waals surface area contributed by atoms with Crippen LogP contribution in [0.25, 0.3) is 0 Å². The minimum Gasteiger partial charge on any atom is -0.479 e. The van der Waals surface area contributed by atoms with Gasteiger partial charge < -0.3 is 15.4 Å². The zero-order chi connectivity index (χ0) is 15.3. The summed E-state index contributed by atoms with van der Waals surface area (Å²) >= 11 is 12.1. The fourth-order valence-corrected chi connectivity index (χ4v) is 2.28. The summed E-state index contributed by atoms with van der Waals surface area (Å²) in [6.07, 6.45) is -0.633. The molecule has 4 nitrogen and oxygen atoms in total. The van der Waals surface area contributed by atoms with Gasteiger partial charge in [-0.15, -0.1) is 0 Å². The second-order valence-corrected chi connectivity index (χ2v) is 5.67. The molecular weight excluding hydrogens is 299 g/mol. The highest BCUT2D eigenvalue weighted by molar-refractivity contribution is 6.35. The van der Waals surface area contributed by atoms with Gasteiger partial charge in [0.1, 0.15) is 5.75 Å². The molecule has 0 aromatic heterocycles. The maximum atomic E-state index is 11.9. The first kappa shape index (κ1) is 17.1. The number of nitrogens with one attached hydrogen (secondary N) is 2. The van der Waals surface area contributed by atoms with Crippen LogP contribution in [0.1, 0.15) is 26.3 Å². The topological polar surface area (TPSA) is 50.4 Å². The normalized spacial score (nSPS) is 12.3. The molecule has 0 saturated carbocycles. The summed E-state index contributed by atoms with van der Waals surface area (Å²) in [4.78, 5) is 11.9. The van der Waals surface area contributed by atoms with E-state index in [9.17, 15) is 4.79 Å². The molecule has 0 aliphatic heterocycles. The van der Waals surface area contributed by atoms with E-state index in [1.54, 1.807) is 19.1 Å². The van der Waals surface area contributed by atoms with E-state index in [-0.39, 0.29) is 11.9 Å². The molecule has 1 aromatic rings. The van der Waals surface area contributed by atoms with Gasteiger partial charge in [0, 0.05) is 23.2 Å². The molecule has 2 N–H and O–H groups in total. The van der Waals surface area contributed by atoms with Crippen molar-refractivity contribution in [3.05, 3.63) is 27.7 Å². The number of hydrogen-bond acceptors (Lipinski definition) is 3. The molecule has 0 aliphatic carbocycles. The summed E-state index contributed by atoms with van der Waals surface area (Å²) in [6, 6.07) is 3.43. The molecule has 1 aromatic carbocycles. The lowest BCUT2D eigenvalue weighted by atomic mass is 10.2. The molecule has 0 bridgehead atoms. The summed E-state index contributed by atoms with van der Waals surface area (Å²) in [5, 5.41) is 6.74. The number of benzene rings is 1. The molecule has 1 unspecified atom stereocenters. The van der Waals surface area contributed by atoms with Crippen molar-refractivity contribution < 1.29 is 9.53 Å². The largest absolute Gasteiger partial charge is 0.479 e. The summed E-state index contributed by atoms with van der Waals surface area (Å²) < 4.78 is 5.70. The smallest absolute Gasteiger partial charge is 0.260 e. The summed E-state index contributed by atoms with van der Waals surface area (Å²) in [5.41, 5.74) is 0.814. The first-order valence-corrected chi connectivity index (χ1v) is 7.20. The Morgan fingerprint density at radius 3 is 2.50 bits per heavy atom. The van der Waals surface area contributed by atoms with Crippen molar-refractivity contribution in [1.82, 2.24) is 10.6 Å². The van der Waals surface area contributed by atoms with Crippen molar-refractivity contribution in [1.29, 1.82) is 0 Å². The SMILES string of the molecule is CNCc1cc(Cl)cc(Cl)c1OC(C)C(=O)NC(C)C. The van der Waals surface area contributed by atoms with Gasteiger partial charge in [-0.2, -0.15) is 0 Å². The van der Waals surface area contributed by atoms with E-state index >= 15 is 0 Å². The third-order valence-corrected chi connectivity index (χ3v) is 3.05. The van der Waals surface area contributed by atoms with Crippen LogP contribution in [0.5, 0.6) is 5.75 Å². The predicted octanol–water partition coefficient (Wildman–Crippen LogP) is 3.00. The van der Waals surface area contributed by atoms with Crippen LogP contribution < -0.4 is 15.4 Å². The van der Waals surface area contributed by atoms with Gasteiger partial charge in [-0.25, -0.2) is 0 Å². The van der Waals surface area contributed by atoms with Gasteiger partial charge in [-0.1, -0.05) is 23.2 Å². The quantitative estimate of drug-likeness (QED) is 0.847. The number of carbonyl (C=O) groups is 1. The average molecular weight is 319 g/mol. The van der Waals surface area contributed by atoms with E-state index in [2.05, 4.69) is 10.6 Å². The predicted molar refractivity (Wildman–Crippen MR) is 82.6 cm³/mol. The Labute approximate surface area is 129 Å². The summed E-state index contributed by atoms with van der Waals surface area (Å²) in [7, 11) is 1.81. The highest BCUT2D eigenvalue weighted by atomic mass is 35.5. The van der Waals surface area contributed by atoms with Gasteiger partial charge in [-0.3, -0.25) is 4.79 Å². The van der Waals surface area contributed by atoms with Crippen LogP contribution in [0.2, 0.25) is 10.0 Å². The van der Waals surface area contributed by atoms with Crippen molar-refractivity contribution in [3.8, 4) is 5.75 Å². The zero-order valence-corrected chi connectivity index (χ0v) is 13.6. The molecule has 1 atom stereocenters. The molecule has 1 amide bonds. The molecule has 0 heterocycles. The highest BCUT2D eigenvalue weighted by Gasteiger charge is 2.19. The fraction of sp³-hybridized carbons (Fsp3) is 0.500. The summed E-state index contributed by atoms with van der Waals surface area (Å²) in [5.74, 6) is 0.304. The average Bonchev–Trinajstić information content (AvgIpc) is 2.32. The number of halogens is 2. The van der Waals surface area contributed by atoms with Crippen LogP contribution >= 0.6 is 23.2 Å². The van der Waals surface area contributed by atoms with Gasteiger partial charge in [0.05, 0.1) is 5.02 Å². The Balaban J connectivity index is 2.93. The molecule has 20 heavy (non-hydrogen) atoms. The van der Waals surface area contributed by atoms with Crippen LogP contribution in [0.3, 0.4) is 0 Å². The minimum atomic E-state index is -0.633. The molecule has 1 rings (SSSR count). The molecular formula is C14H20Cl2N2O2. The van der Waals surface area contributed by atoms with E-state index in [1.165, 1.54) is 0 Å². The number of ether oxygens (including phenoxy) is 1. The van der Waals surface area contributed by atoms with E-state index in [4.69, 9.17) is 27.9 Å². The standard InChI is InChI=1S/C14H20Cl2N2O2/c1-8(2)18-14(19)9(3)20-13-10(7-17-4)5-11(15)6-12(13)16/h5-6,8-9,17H,7H2,1-4H3,(H,18,19). The third-order valence-electron chi connectivity index (χ3n) is 2.55. The van der Waals surface area contributed by atoms with Crippen molar-refractivity contribution in [3.63, 3.8) is 0 Å². The molecule has 0 radical (unpaired) electrons. The van der Waals surface area contributed by atoms with Crippen molar-refractivity contribution >= 4 is 29.1 Å². The Morgan fingerprint density at radius 2 is 1.95 bits per heavy atom. The minimum absolute atomic E-state index is 0.0611. The third kappa shape index (κ3) is 4.85. The monoisotopic (exact) mass is 318 g/mol. The van der Waals surface area contributed by atoms with Crippen LogP contribution in [0.15, 0.2) is 12.1 Å². The van der Waals surface area contributed by atoms with Crippen LogP contribution in [0, 0.1) is 0 Å². The van der Waals surface area contributed by atoms with Gasteiger partial charge >= 0.3 is 0 Å². The maximum Gasteiger partial charge on any atom is 0.260 e. The van der Waals surface area contributed by atoms with E-state index in [1.807, 2.05) is 20.9 Å². The molecule has 0 saturated heterocycles. The first-order chi connectivity index (χ1) is 9.35. The van der Waals surface area contributed by atoms with Crippen molar-refractivity contribution in [2.45, 2.75) is 39.5 Å². The molecule has 0 spiro atoms. The fourth-order valence-electron chi connectivity index (χ4n) is 1.70. The molecule has 0 aliphatic rings. The lowest BCUT2D eigenvalue weighted by Crippen LogP contribution is -2.40. The van der Waals surface area contributed by atoms with Gasteiger partial charge in [0.2, 0.25) is 0 Å². The number of rotatable bonds is 6.